The van der Waals surface area contributed by atoms with E-state index in [4.69, 9.17) is 9.47 Å². The van der Waals surface area contributed by atoms with Crippen molar-refractivity contribution in [3.63, 3.8) is 0 Å². The molecule has 0 atom stereocenters. The van der Waals surface area contributed by atoms with Gasteiger partial charge in [-0.1, -0.05) is 18.2 Å². The van der Waals surface area contributed by atoms with Gasteiger partial charge in [0.05, 0.1) is 18.6 Å². The van der Waals surface area contributed by atoms with Crippen LogP contribution in [-0.2, 0) is 17.9 Å². The van der Waals surface area contributed by atoms with Crippen LogP contribution in [0.4, 0.5) is 4.39 Å². The predicted octanol–water partition coefficient (Wildman–Crippen LogP) is 4.13. The lowest BCUT2D eigenvalue weighted by Crippen LogP contribution is -2.23. The molecule has 3 aromatic rings. The molecule has 0 fully saturated rings. The second-order valence-electron chi connectivity index (χ2n) is 5.49. The minimum Gasteiger partial charge on any atom is -0.497 e. The number of amides is 1. The molecule has 0 aliphatic rings. The third-order valence-corrected chi connectivity index (χ3v) is 5.04. The van der Waals surface area contributed by atoms with Crippen LogP contribution in [0.3, 0.4) is 0 Å². The molecule has 0 spiro atoms. The number of carbonyl (C=O) groups is 1. The first kappa shape index (κ1) is 17.4. The van der Waals surface area contributed by atoms with Gasteiger partial charge in [-0.15, -0.1) is 11.3 Å². The Morgan fingerprint density at radius 3 is 2.76 bits per heavy atom. The van der Waals surface area contributed by atoms with Crippen LogP contribution in [0.15, 0.2) is 42.5 Å². The Morgan fingerprint density at radius 2 is 2.00 bits per heavy atom. The van der Waals surface area contributed by atoms with E-state index in [1.807, 2.05) is 24.3 Å². The Morgan fingerprint density at radius 1 is 1.20 bits per heavy atom. The Balaban J connectivity index is 1.86. The Hall–Kier alpha value is -2.44. The zero-order chi connectivity index (χ0) is 17.8. The number of thiophene rings is 1. The average Bonchev–Trinajstić information content (AvgIpc) is 3.00. The van der Waals surface area contributed by atoms with E-state index in [1.165, 1.54) is 24.5 Å². The van der Waals surface area contributed by atoms with Crippen molar-refractivity contribution in [2.45, 2.75) is 13.2 Å². The molecule has 3 rings (SSSR count). The molecule has 0 aliphatic heterocycles. The summed E-state index contributed by atoms with van der Waals surface area (Å²) < 4.78 is 25.3. The molecular formula is C19H18FNO3S. The molecule has 0 unspecified atom stereocenters. The molecule has 6 heteroatoms. The normalized spacial score (nSPS) is 10.8. The van der Waals surface area contributed by atoms with Gasteiger partial charge in [-0.2, -0.15) is 0 Å². The molecule has 0 aliphatic carbocycles. The van der Waals surface area contributed by atoms with Gasteiger partial charge in [-0.25, -0.2) is 4.39 Å². The maximum atomic E-state index is 14.2. The van der Waals surface area contributed by atoms with Crippen LogP contribution < -0.4 is 10.1 Å². The van der Waals surface area contributed by atoms with Gasteiger partial charge >= 0.3 is 0 Å². The van der Waals surface area contributed by atoms with Crippen molar-refractivity contribution in [3.05, 3.63) is 64.3 Å². The minimum absolute atomic E-state index is 0.183. The van der Waals surface area contributed by atoms with E-state index in [0.717, 1.165) is 16.0 Å². The zero-order valence-corrected chi connectivity index (χ0v) is 14.8. The fourth-order valence-corrected chi connectivity index (χ4v) is 3.82. The quantitative estimate of drug-likeness (QED) is 0.720. The summed E-state index contributed by atoms with van der Waals surface area (Å²) in [5, 5.41) is 3.34. The molecule has 1 aromatic heterocycles. The number of nitrogens with one attached hydrogen (secondary N) is 1. The fourth-order valence-electron chi connectivity index (χ4n) is 2.68. The smallest absolute Gasteiger partial charge is 0.262 e. The number of ether oxygens (including phenoxy) is 2. The van der Waals surface area contributed by atoms with Gasteiger partial charge in [-0.3, -0.25) is 4.79 Å². The van der Waals surface area contributed by atoms with Crippen LogP contribution in [0, 0.1) is 5.82 Å². The van der Waals surface area contributed by atoms with E-state index >= 15 is 0 Å². The molecule has 0 saturated heterocycles. The SMILES string of the molecule is COCc1c(C(=O)NCc2cccc(OC)c2)sc2cccc(F)c12. The highest BCUT2D eigenvalue weighted by Crippen LogP contribution is 2.33. The van der Waals surface area contributed by atoms with Gasteiger partial charge in [0.15, 0.2) is 0 Å². The van der Waals surface area contributed by atoms with Crippen LogP contribution in [-0.4, -0.2) is 20.1 Å². The first-order valence-electron chi connectivity index (χ1n) is 7.74. The standard InChI is InChI=1S/C19H18FNO3S/c1-23-11-14-17-15(20)7-4-8-16(17)25-18(14)19(22)21-10-12-5-3-6-13(9-12)24-2/h3-9H,10-11H2,1-2H3,(H,21,22). The number of hydrogen-bond donors (Lipinski definition) is 1. The summed E-state index contributed by atoms with van der Waals surface area (Å²) in [7, 11) is 3.13. The largest absolute Gasteiger partial charge is 0.497 e. The van der Waals surface area contributed by atoms with Gasteiger partial charge in [0, 0.05) is 29.3 Å². The molecule has 2 aromatic carbocycles. The van der Waals surface area contributed by atoms with Crippen LogP contribution in [0.25, 0.3) is 10.1 Å². The first-order chi connectivity index (χ1) is 12.1. The van der Waals surface area contributed by atoms with E-state index < -0.39 is 0 Å². The van der Waals surface area contributed by atoms with Crippen molar-refractivity contribution in [1.29, 1.82) is 0 Å². The summed E-state index contributed by atoms with van der Waals surface area (Å²) in [5.74, 6) is 0.152. The zero-order valence-electron chi connectivity index (χ0n) is 14.0. The maximum Gasteiger partial charge on any atom is 0.262 e. The van der Waals surface area contributed by atoms with Crippen LogP contribution in [0.1, 0.15) is 20.8 Å². The van der Waals surface area contributed by atoms with Crippen molar-refractivity contribution in [1.82, 2.24) is 5.32 Å². The Kier molecular flexibility index (Phi) is 5.31. The van der Waals surface area contributed by atoms with Crippen LogP contribution >= 0.6 is 11.3 Å². The summed E-state index contributed by atoms with van der Waals surface area (Å²) in [5.41, 5.74) is 1.51. The van der Waals surface area contributed by atoms with Crippen molar-refractivity contribution in [3.8, 4) is 5.75 Å². The highest BCUT2D eigenvalue weighted by molar-refractivity contribution is 7.21. The molecule has 1 heterocycles. The van der Waals surface area contributed by atoms with E-state index in [-0.39, 0.29) is 18.3 Å². The molecule has 130 valence electrons. The minimum atomic E-state index is -0.340. The monoisotopic (exact) mass is 359 g/mol. The number of halogens is 1. The summed E-state index contributed by atoms with van der Waals surface area (Å²) in [6.07, 6.45) is 0. The summed E-state index contributed by atoms with van der Waals surface area (Å²) in [4.78, 5) is 13.1. The highest BCUT2D eigenvalue weighted by Gasteiger charge is 2.20. The van der Waals surface area contributed by atoms with Crippen molar-refractivity contribution < 1.29 is 18.7 Å². The van der Waals surface area contributed by atoms with Crippen molar-refractivity contribution in [2.75, 3.05) is 14.2 Å². The number of methoxy groups -OCH3 is 2. The lowest BCUT2D eigenvalue weighted by molar-refractivity contribution is 0.0950. The van der Waals surface area contributed by atoms with E-state index in [0.29, 0.717) is 22.4 Å². The summed E-state index contributed by atoms with van der Waals surface area (Å²) >= 11 is 1.27. The molecule has 1 N–H and O–H groups in total. The second kappa shape index (κ2) is 7.63. The molecule has 0 saturated carbocycles. The van der Waals surface area contributed by atoms with Gasteiger partial charge < -0.3 is 14.8 Å². The number of fused-ring (bicyclic) bond motifs is 1. The van der Waals surface area contributed by atoms with Crippen LogP contribution in [0.2, 0.25) is 0 Å². The van der Waals surface area contributed by atoms with Crippen molar-refractivity contribution >= 4 is 27.3 Å². The predicted molar refractivity (Wildman–Crippen MR) is 96.7 cm³/mol. The lowest BCUT2D eigenvalue weighted by Gasteiger charge is -2.08. The van der Waals surface area contributed by atoms with Crippen molar-refractivity contribution in [2.24, 2.45) is 0 Å². The number of benzene rings is 2. The number of carbonyl (C=O) groups excluding carboxylic acids is 1. The van der Waals surface area contributed by atoms with Gasteiger partial charge in [-0.05, 0) is 29.8 Å². The van der Waals surface area contributed by atoms with Gasteiger partial charge in [0.25, 0.3) is 5.91 Å². The third kappa shape index (κ3) is 3.65. The highest BCUT2D eigenvalue weighted by atomic mass is 32.1. The van der Waals surface area contributed by atoms with Gasteiger partial charge in [0.1, 0.15) is 11.6 Å². The second-order valence-corrected chi connectivity index (χ2v) is 6.54. The molecule has 25 heavy (non-hydrogen) atoms. The molecule has 4 nitrogen and oxygen atoms in total. The first-order valence-corrected chi connectivity index (χ1v) is 8.55. The summed E-state index contributed by atoms with van der Waals surface area (Å²) in [6.45, 7) is 0.544. The van der Waals surface area contributed by atoms with Crippen LogP contribution in [0.5, 0.6) is 5.75 Å². The Bertz CT molecular complexity index is 907. The maximum absolute atomic E-state index is 14.2. The third-order valence-electron chi connectivity index (χ3n) is 3.85. The number of hydrogen-bond acceptors (Lipinski definition) is 4. The number of rotatable bonds is 6. The molecule has 0 radical (unpaired) electrons. The average molecular weight is 359 g/mol. The Labute approximate surface area is 149 Å². The van der Waals surface area contributed by atoms with E-state index in [1.54, 1.807) is 19.2 Å². The van der Waals surface area contributed by atoms with E-state index in [9.17, 15) is 9.18 Å². The summed E-state index contributed by atoms with van der Waals surface area (Å²) in [6, 6.07) is 12.3. The fraction of sp³-hybridized carbons (Fsp3) is 0.211. The van der Waals surface area contributed by atoms with Gasteiger partial charge in [0.2, 0.25) is 0 Å². The lowest BCUT2D eigenvalue weighted by atomic mass is 10.1. The molecule has 0 bridgehead atoms. The van der Waals surface area contributed by atoms with E-state index in [2.05, 4.69) is 5.32 Å². The molecule has 1 amide bonds. The molecular weight excluding hydrogens is 341 g/mol. The topological polar surface area (TPSA) is 47.6 Å².